The predicted molar refractivity (Wildman–Crippen MR) is 125 cm³/mol. The van der Waals surface area contributed by atoms with Crippen molar-refractivity contribution in [2.24, 2.45) is 11.8 Å². The van der Waals surface area contributed by atoms with Gasteiger partial charge in [-0.2, -0.15) is 0 Å². The quantitative estimate of drug-likeness (QED) is 0.431. The lowest BCUT2D eigenvalue weighted by molar-refractivity contribution is 0.516. The summed E-state index contributed by atoms with van der Waals surface area (Å²) in [5, 5.41) is 2.07. The van der Waals surface area contributed by atoms with Crippen LogP contribution in [-0.4, -0.2) is 4.98 Å². The molecule has 0 aliphatic heterocycles. The molecule has 1 aromatic heterocycles. The molecule has 0 amide bonds. The van der Waals surface area contributed by atoms with Crippen molar-refractivity contribution in [2.75, 3.05) is 0 Å². The molecule has 0 fully saturated rings. The van der Waals surface area contributed by atoms with Crippen LogP contribution in [0.4, 0.5) is 0 Å². The van der Waals surface area contributed by atoms with Crippen LogP contribution in [0.2, 0.25) is 5.02 Å². The van der Waals surface area contributed by atoms with Crippen LogP contribution in [0.15, 0.2) is 29.8 Å². The second kappa shape index (κ2) is 10.8. The first kappa shape index (κ1) is 22.6. The molecule has 28 heavy (non-hydrogen) atoms. The fourth-order valence-corrected chi connectivity index (χ4v) is 3.71. The zero-order chi connectivity index (χ0) is 20.7. The van der Waals surface area contributed by atoms with E-state index in [4.69, 9.17) is 11.6 Å². The highest BCUT2D eigenvalue weighted by atomic mass is 35.5. The van der Waals surface area contributed by atoms with Crippen molar-refractivity contribution in [3.63, 3.8) is 0 Å². The highest BCUT2D eigenvalue weighted by Gasteiger charge is 2.20. The third-order valence-electron chi connectivity index (χ3n) is 5.90. The van der Waals surface area contributed by atoms with Gasteiger partial charge in [0.1, 0.15) is 0 Å². The van der Waals surface area contributed by atoms with E-state index in [1.54, 1.807) is 0 Å². The van der Waals surface area contributed by atoms with Crippen molar-refractivity contribution in [3.05, 3.63) is 46.1 Å². The molecular weight excluding hydrogens is 362 g/mol. The predicted octanol–water partition coefficient (Wildman–Crippen LogP) is 8.29. The summed E-state index contributed by atoms with van der Waals surface area (Å²) in [7, 11) is 0. The summed E-state index contributed by atoms with van der Waals surface area (Å²) in [4.78, 5) is 3.71. The Kier molecular flexibility index (Phi) is 8.71. The van der Waals surface area contributed by atoms with Crippen LogP contribution in [-0.2, 0) is 6.42 Å². The Hall–Kier alpha value is -1.65. The van der Waals surface area contributed by atoms with Gasteiger partial charge in [0.2, 0.25) is 0 Å². The van der Waals surface area contributed by atoms with E-state index in [-0.39, 0.29) is 5.92 Å². The zero-order valence-corrected chi connectivity index (χ0v) is 19.2. The highest BCUT2D eigenvalue weighted by molar-refractivity contribution is 6.31. The number of H-pyrrole nitrogens is 1. The molecule has 2 aromatic rings. The van der Waals surface area contributed by atoms with Gasteiger partial charge in [0.05, 0.1) is 0 Å². The van der Waals surface area contributed by atoms with Crippen LogP contribution in [0, 0.1) is 23.7 Å². The highest BCUT2D eigenvalue weighted by Crippen LogP contribution is 2.35. The molecule has 0 saturated carbocycles. The van der Waals surface area contributed by atoms with Gasteiger partial charge >= 0.3 is 0 Å². The molecule has 1 heterocycles. The Morgan fingerprint density at radius 1 is 1.14 bits per heavy atom. The lowest BCUT2D eigenvalue weighted by Gasteiger charge is -2.16. The standard InChI is InChI=1S/C26H36ClN/c1-7-10-11-21(16-19(5)9-3)20(6)26-23(14-12-18(4)8-2)24-17-22(27)13-15-25(24)28-26/h13,15-20,28H,7-9,12,14H2,1-6H3/b21-16+. The second-order valence-corrected chi connectivity index (χ2v) is 8.58. The smallest absolute Gasteiger partial charge is 0.0460 e. The van der Waals surface area contributed by atoms with Gasteiger partial charge in [0.15, 0.2) is 0 Å². The Bertz CT molecular complexity index is 862. The molecule has 1 aromatic carbocycles. The third-order valence-corrected chi connectivity index (χ3v) is 6.14. The van der Waals surface area contributed by atoms with Gasteiger partial charge in [-0.3, -0.25) is 0 Å². The number of hydrogen-bond donors (Lipinski definition) is 1. The van der Waals surface area contributed by atoms with E-state index in [0.29, 0.717) is 5.92 Å². The first-order chi connectivity index (χ1) is 13.4. The number of benzene rings is 1. The minimum Gasteiger partial charge on any atom is -0.358 e. The molecule has 1 nitrogen and oxygen atoms in total. The van der Waals surface area contributed by atoms with E-state index in [1.165, 1.54) is 40.6 Å². The summed E-state index contributed by atoms with van der Waals surface area (Å²) in [5.41, 5.74) is 5.13. The molecule has 0 bridgehead atoms. The second-order valence-electron chi connectivity index (χ2n) is 8.14. The number of aromatic amines is 1. The summed E-state index contributed by atoms with van der Waals surface area (Å²) < 4.78 is 0. The SMILES string of the molecule is CCC#C/C(=C\C(C)CC)C(C)c1[nH]c2ccc(Cl)cc2c1CCC(C)CC. The van der Waals surface area contributed by atoms with Gasteiger partial charge < -0.3 is 4.98 Å². The number of hydrogen-bond acceptors (Lipinski definition) is 0. The Morgan fingerprint density at radius 3 is 2.54 bits per heavy atom. The van der Waals surface area contributed by atoms with Gasteiger partial charge in [0.25, 0.3) is 0 Å². The summed E-state index contributed by atoms with van der Waals surface area (Å²) >= 11 is 6.34. The van der Waals surface area contributed by atoms with Crippen LogP contribution in [0.1, 0.15) is 84.4 Å². The molecule has 3 unspecified atom stereocenters. The molecular formula is C26H36ClN. The lowest BCUT2D eigenvalue weighted by Crippen LogP contribution is -2.04. The molecule has 1 N–H and O–H groups in total. The van der Waals surface area contributed by atoms with Crippen molar-refractivity contribution >= 4 is 22.5 Å². The average molecular weight is 398 g/mol. The molecule has 0 radical (unpaired) electrons. The summed E-state index contributed by atoms with van der Waals surface area (Å²) in [6.45, 7) is 13.5. The first-order valence-electron chi connectivity index (χ1n) is 10.9. The first-order valence-corrected chi connectivity index (χ1v) is 11.3. The molecule has 0 aliphatic rings. The van der Waals surface area contributed by atoms with E-state index in [9.17, 15) is 0 Å². The lowest BCUT2D eigenvalue weighted by atomic mass is 9.89. The van der Waals surface area contributed by atoms with Gasteiger partial charge in [0, 0.05) is 39.5 Å². The zero-order valence-electron chi connectivity index (χ0n) is 18.5. The largest absolute Gasteiger partial charge is 0.358 e. The average Bonchev–Trinajstić information content (AvgIpc) is 3.05. The molecule has 0 aliphatic carbocycles. The summed E-state index contributed by atoms with van der Waals surface area (Å²) in [6.07, 6.45) is 7.87. The van der Waals surface area contributed by atoms with E-state index < -0.39 is 0 Å². The minimum atomic E-state index is 0.256. The Balaban J connectivity index is 2.54. The number of rotatable bonds is 8. The number of aryl methyl sites for hydroxylation is 1. The van der Waals surface area contributed by atoms with Crippen LogP contribution >= 0.6 is 11.6 Å². The van der Waals surface area contributed by atoms with E-state index >= 15 is 0 Å². The normalized spacial score (nSPS) is 15.2. The monoisotopic (exact) mass is 397 g/mol. The van der Waals surface area contributed by atoms with Gasteiger partial charge in [-0.15, -0.1) is 0 Å². The van der Waals surface area contributed by atoms with Crippen LogP contribution in [0.5, 0.6) is 0 Å². The number of fused-ring (bicyclic) bond motifs is 1. The van der Waals surface area contributed by atoms with Crippen molar-refractivity contribution in [1.29, 1.82) is 0 Å². The maximum atomic E-state index is 6.34. The van der Waals surface area contributed by atoms with E-state index in [1.807, 2.05) is 6.07 Å². The number of halogens is 1. The van der Waals surface area contributed by atoms with Crippen molar-refractivity contribution in [2.45, 2.75) is 79.6 Å². The Morgan fingerprint density at radius 2 is 1.89 bits per heavy atom. The molecule has 2 heteroatoms. The summed E-state index contributed by atoms with van der Waals surface area (Å²) in [5.74, 6) is 8.27. The fourth-order valence-electron chi connectivity index (χ4n) is 3.54. The van der Waals surface area contributed by atoms with Crippen molar-refractivity contribution in [3.8, 4) is 11.8 Å². The molecule has 152 valence electrons. The molecule has 2 rings (SSSR count). The van der Waals surface area contributed by atoms with E-state index in [0.717, 1.165) is 30.2 Å². The van der Waals surface area contributed by atoms with Crippen LogP contribution in [0.3, 0.4) is 0 Å². The third kappa shape index (κ3) is 5.68. The van der Waals surface area contributed by atoms with Gasteiger partial charge in [-0.05, 0) is 48.4 Å². The van der Waals surface area contributed by atoms with Gasteiger partial charge in [-0.1, -0.05) is 83.9 Å². The van der Waals surface area contributed by atoms with Crippen molar-refractivity contribution in [1.82, 2.24) is 4.98 Å². The topological polar surface area (TPSA) is 15.8 Å². The van der Waals surface area contributed by atoms with Gasteiger partial charge in [-0.25, -0.2) is 0 Å². The van der Waals surface area contributed by atoms with Crippen molar-refractivity contribution < 1.29 is 0 Å². The molecule has 0 saturated heterocycles. The minimum absolute atomic E-state index is 0.256. The number of aromatic nitrogens is 1. The molecule has 3 atom stereocenters. The number of nitrogens with one attached hydrogen (secondary N) is 1. The van der Waals surface area contributed by atoms with Crippen LogP contribution < -0.4 is 0 Å². The summed E-state index contributed by atoms with van der Waals surface area (Å²) in [6, 6.07) is 6.20. The number of allylic oxidation sites excluding steroid dienone is 2. The fraction of sp³-hybridized carbons (Fsp3) is 0.538. The van der Waals surface area contributed by atoms with E-state index in [2.05, 4.69) is 76.6 Å². The maximum Gasteiger partial charge on any atom is 0.0460 e. The maximum absolute atomic E-state index is 6.34. The molecule has 0 spiro atoms. The van der Waals surface area contributed by atoms with Crippen LogP contribution in [0.25, 0.3) is 10.9 Å². The Labute approximate surface area is 177 Å².